The van der Waals surface area contributed by atoms with E-state index in [1.54, 1.807) is 54.6 Å². The van der Waals surface area contributed by atoms with E-state index in [9.17, 15) is 18.5 Å². The average molecular weight is 540 g/mol. The fraction of sp³-hybridized carbons (Fsp3) is 0.133. The molecule has 2 N–H and O–H groups in total. The monoisotopic (exact) mass is 539 g/mol. The molecule has 196 valence electrons. The second kappa shape index (κ2) is 9.92. The van der Waals surface area contributed by atoms with Gasteiger partial charge in [0.15, 0.2) is 0 Å². The highest BCUT2D eigenvalue weighted by Crippen LogP contribution is 2.50. The van der Waals surface area contributed by atoms with Crippen LogP contribution in [0, 0.1) is 16.0 Å². The number of nitro benzene ring substituents is 1. The molecule has 3 atom stereocenters. The van der Waals surface area contributed by atoms with Crippen LogP contribution in [0.5, 0.6) is 11.5 Å². The second-order valence-electron chi connectivity index (χ2n) is 9.62. The smallest absolute Gasteiger partial charge is 0.269 e. The molecule has 1 heterocycles. The number of anilines is 2. The highest BCUT2D eigenvalue weighted by atomic mass is 32.2. The molecule has 1 aliphatic heterocycles. The predicted octanol–water partition coefficient (Wildman–Crippen LogP) is 7.01. The molecule has 6 rings (SSSR count). The summed E-state index contributed by atoms with van der Waals surface area (Å²) >= 11 is 0. The van der Waals surface area contributed by atoms with Crippen molar-refractivity contribution in [2.45, 2.75) is 23.3 Å². The summed E-state index contributed by atoms with van der Waals surface area (Å²) in [6.07, 6.45) is 4.98. The molecule has 39 heavy (non-hydrogen) atoms. The molecule has 0 radical (unpaired) electrons. The Labute approximate surface area is 226 Å². The number of hydrogen-bond acceptors (Lipinski definition) is 6. The van der Waals surface area contributed by atoms with Gasteiger partial charge in [-0.05, 0) is 78.1 Å². The molecule has 0 saturated heterocycles. The van der Waals surface area contributed by atoms with E-state index in [2.05, 4.69) is 22.2 Å². The van der Waals surface area contributed by atoms with E-state index in [0.717, 1.165) is 23.2 Å². The highest BCUT2D eigenvalue weighted by Gasteiger charge is 2.38. The van der Waals surface area contributed by atoms with Crippen LogP contribution in [-0.4, -0.2) is 13.3 Å². The molecule has 4 aromatic carbocycles. The third kappa shape index (κ3) is 4.96. The summed E-state index contributed by atoms with van der Waals surface area (Å²) in [6.45, 7) is 0. The first-order valence-electron chi connectivity index (χ1n) is 12.5. The van der Waals surface area contributed by atoms with Crippen LogP contribution in [-0.2, 0) is 10.0 Å². The number of benzene rings is 4. The Hall–Kier alpha value is -4.63. The molecule has 0 unspecified atom stereocenters. The first-order valence-corrected chi connectivity index (χ1v) is 14.0. The van der Waals surface area contributed by atoms with Crippen molar-refractivity contribution < 1.29 is 18.1 Å². The largest absolute Gasteiger partial charge is 0.457 e. The Bertz CT molecular complexity index is 1670. The molecule has 9 heteroatoms. The van der Waals surface area contributed by atoms with Crippen LogP contribution in [0.4, 0.5) is 17.1 Å². The maximum Gasteiger partial charge on any atom is 0.269 e. The quantitative estimate of drug-likeness (QED) is 0.148. The summed E-state index contributed by atoms with van der Waals surface area (Å²) < 4.78 is 35.0. The molecule has 0 bridgehead atoms. The molecule has 1 aliphatic carbocycles. The molecule has 0 fully saturated rings. The molecule has 0 aromatic heterocycles. The summed E-state index contributed by atoms with van der Waals surface area (Å²) in [4.78, 5) is 11.1. The van der Waals surface area contributed by atoms with E-state index < -0.39 is 14.9 Å². The number of allylic oxidation sites excluding steroid dienone is 2. The van der Waals surface area contributed by atoms with Gasteiger partial charge >= 0.3 is 0 Å². The summed E-state index contributed by atoms with van der Waals surface area (Å²) in [7, 11) is -3.85. The van der Waals surface area contributed by atoms with Crippen LogP contribution in [0.15, 0.2) is 114 Å². The van der Waals surface area contributed by atoms with Crippen LogP contribution in [0.25, 0.3) is 0 Å². The molecule has 0 saturated carbocycles. The fourth-order valence-electron chi connectivity index (χ4n) is 5.33. The minimum atomic E-state index is -3.85. The van der Waals surface area contributed by atoms with E-state index in [1.165, 1.54) is 6.07 Å². The lowest BCUT2D eigenvalue weighted by Gasteiger charge is -2.37. The molecular weight excluding hydrogens is 514 g/mol. The minimum Gasteiger partial charge on any atom is -0.457 e. The molecule has 0 spiro atoms. The normalized spacial score (nSPS) is 19.4. The zero-order valence-corrected chi connectivity index (χ0v) is 21.5. The van der Waals surface area contributed by atoms with Crippen molar-refractivity contribution in [2.75, 3.05) is 10.0 Å². The molecule has 2 aliphatic rings. The summed E-state index contributed by atoms with van der Waals surface area (Å²) in [6, 6.07) is 27.7. The van der Waals surface area contributed by atoms with Gasteiger partial charge in [-0.1, -0.05) is 42.5 Å². The van der Waals surface area contributed by atoms with Gasteiger partial charge < -0.3 is 10.1 Å². The van der Waals surface area contributed by atoms with E-state index in [0.29, 0.717) is 17.2 Å². The van der Waals surface area contributed by atoms with Gasteiger partial charge in [0, 0.05) is 29.4 Å². The predicted molar refractivity (Wildman–Crippen MR) is 150 cm³/mol. The van der Waals surface area contributed by atoms with Crippen molar-refractivity contribution in [3.63, 3.8) is 0 Å². The van der Waals surface area contributed by atoms with Crippen molar-refractivity contribution in [3.05, 3.63) is 130 Å². The van der Waals surface area contributed by atoms with Crippen LogP contribution >= 0.6 is 0 Å². The number of ether oxygens (including phenoxy) is 1. The van der Waals surface area contributed by atoms with Crippen molar-refractivity contribution in [2.24, 2.45) is 5.92 Å². The number of nitrogens with one attached hydrogen (secondary N) is 2. The number of fused-ring (bicyclic) bond motifs is 3. The maximum atomic E-state index is 13.3. The van der Waals surface area contributed by atoms with E-state index >= 15 is 0 Å². The summed E-state index contributed by atoms with van der Waals surface area (Å²) in [5.41, 5.74) is 3.03. The minimum absolute atomic E-state index is 0.00455. The topological polar surface area (TPSA) is 111 Å². The number of para-hydroxylation sites is 1. The summed E-state index contributed by atoms with van der Waals surface area (Å²) in [5, 5.41) is 14.8. The third-order valence-electron chi connectivity index (χ3n) is 7.17. The van der Waals surface area contributed by atoms with Gasteiger partial charge in [-0.25, -0.2) is 8.42 Å². The lowest BCUT2D eigenvalue weighted by molar-refractivity contribution is -0.384. The Kier molecular flexibility index (Phi) is 6.28. The lowest BCUT2D eigenvalue weighted by Crippen LogP contribution is -2.29. The Balaban J connectivity index is 1.23. The second-order valence-corrected chi connectivity index (χ2v) is 11.3. The van der Waals surface area contributed by atoms with E-state index in [-0.39, 0.29) is 28.5 Å². The van der Waals surface area contributed by atoms with Crippen LogP contribution in [0.1, 0.15) is 29.5 Å². The van der Waals surface area contributed by atoms with E-state index in [1.807, 2.05) is 36.4 Å². The number of rotatable bonds is 7. The van der Waals surface area contributed by atoms with Gasteiger partial charge in [0.05, 0.1) is 15.9 Å². The van der Waals surface area contributed by atoms with Crippen molar-refractivity contribution >= 4 is 27.1 Å². The van der Waals surface area contributed by atoms with Gasteiger partial charge in [0.2, 0.25) is 0 Å². The molecular formula is C30H25N3O5S. The standard InChI is InChI=1S/C30H25N3O5S/c34-33(35)22-7-4-6-20(18-22)30-27-11-5-10-26(27)28-19-25(16-17-29(28)31-30)39(36,37)32-21-12-14-24(15-13-21)38-23-8-2-1-3-9-23/h1-10,12-19,26-27,30-32H,11H2/t26-,27+,30+/m0/s1. The number of nitro groups is 1. The van der Waals surface area contributed by atoms with Gasteiger partial charge in [-0.2, -0.15) is 0 Å². The molecule has 4 aromatic rings. The Morgan fingerprint density at radius 2 is 1.67 bits per heavy atom. The zero-order valence-electron chi connectivity index (χ0n) is 20.7. The maximum absolute atomic E-state index is 13.3. The molecule has 0 amide bonds. The number of non-ortho nitro benzene ring substituents is 1. The average Bonchev–Trinajstić information content (AvgIpc) is 3.44. The SMILES string of the molecule is O=[N+]([O-])c1cccc([C@H]2Nc3ccc(S(=O)(=O)Nc4ccc(Oc5ccccc5)cc4)cc3[C@H]3C=CC[C@H]32)c1. The number of hydrogen-bond donors (Lipinski definition) is 2. The number of sulfonamides is 1. The fourth-order valence-corrected chi connectivity index (χ4v) is 6.42. The van der Waals surface area contributed by atoms with Gasteiger partial charge in [-0.3, -0.25) is 14.8 Å². The van der Waals surface area contributed by atoms with Crippen LogP contribution in [0.2, 0.25) is 0 Å². The molecule has 8 nitrogen and oxygen atoms in total. The van der Waals surface area contributed by atoms with Crippen LogP contribution in [0.3, 0.4) is 0 Å². The lowest BCUT2D eigenvalue weighted by atomic mass is 9.77. The van der Waals surface area contributed by atoms with Crippen molar-refractivity contribution in [1.82, 2.24) is 0 Å². The third-order valence-corrected chi connectivity index (χ3v) is 8.55. The van der Waals surface area contributed by atoms with Crippen molar-refractivity contribution in [3.8, 4) is 11.5 Å². The van der Waals surface area contributed by atoms with Gasteiger partial charge in [0.1, 0.15) is 11.5 Å². The van der Waals surface area contributed by atoms with Gasteiger partial charge in [-0.15, -0.1) is 0 Å². The first kappa shape index (κ1) is 24.7. The van der Waals surface area contributed by atoms with Gasteiger partial charge in [0.25, 0.3) is 15.7 Å². The Morgan fingerprint density at radius 1 is 0.897 bits per heavy atom. The number of nitrogens with zero attached hydrogens (tertiary/aromatic N) is 1. The summed E-state index contributed by atoms with van der Waals surface area (Å²) in [5.74, 6) is 1.40. The van der Waals surface area contributed by atoms with E-state index in [4.69, 9.17) is 4.74 Å². The van der Waals surface area contributed by atoms with Crippen LogP contribution < -0.4 is 14.8 Å². The zero-order chi connectivity index (χ0) is 27.0. The first-order chi connectivity index (χ1) is 18.9. The highest BCUT2D eigenvalue weighted by molar-refractivity contribution is 7.92. The Morgan fingerprint density at radius 3 is 2.44 bits per heavy atom. The van der Waals surface area contributed by atoms with Crippen molar-refractivity contribution in [1.29, 1.82) is 0 Å².